The second-order valence-electron chi connectivity index (χ2n) is 4.25. The van der Waals surface area contributed by atoms with Gasteiger partial charge in [-0.1, -0.05) is 19.9 Å². The van der Waals surface area contributed by atoms with Crippen LogP contribution in [-0.4, -0.2) is 24.5 Å². The van der Waals surface area contributed by atoms with Crippen molar-refractivity contribution in [3.05, 3.63) is 72.6 Å². The normalized spacial score (nSPS) is 9.59. The van der Waals surface area contributed by atoms with Crippen molar-refractivity contribution in [3.63, 3.8) is 0 Å². The number of rotatable bonds is 5. The summed E-state index contributed by atoms with van der Waals surface area (Å²) in [7, 11) is 14.9. The molecule has 2 aromatic carbocycles. The van der Waals surface area contributed by atoms with Crippen LogP contribution in [0.5, 0.6) is 0 Å². The molecule has 0 amide bonds. The topological polar surface area (TPSA) is 3.24 Å². The Morgan fingerprint density at radius 1 is 0.955 bits per heavy atom. The van der Waals surface area contributed by atoms with Crippen LogP contribution in [0.15, 0.2) is 60.7 Å². The molecule has 2 rings (SSSR count). The van der Waals surface area contributed by atoms with Crippen LogP contribution in [0, 0.1) is 6.42 Å². The van der Waals surface area contributed by atoms with E-state index < -0.39 is 12.3 Å². The summed E-state index contributed by atoms with van der Waals surface area (Å²) in [6.07, 6.45) is 2.27. The summed E-state index contributed by atoms with van der Waals surface area (Å²) >= 11 is -1.77. The van der Waals surface area contributed by atoms with E-state index in [1.165, 1.54) is 5.56 Å². The van der Waals surface area contributed by atoms with Crippen molar-refractivity contribution in [2.45, 2.75) is 13.8 Å². The van der Waals surface area contributed by atoms with Crippen LogP contribution in [0.3, 0.4) is 0 Å². The van der Waals surface area contributed by atoms with E-state index >= 15 is 0 Å². The van der Waals surface area contributed by atoms with Gasteiger partial charge in [0.05, 0.1) is 0 Å². The number of benzene rings is 1. The molecular formula is C17H23Cl3NV-2. The Bertz CT molecular complexity index is 397. The van der Waals surface area contributed by atoms with Crippen LogP contribution >= 0.6 is 29.5 Å². The number of halogens is 3. The SMILES string of the molecule is CCN(CC)C[CH-]c1ccccc1.[Cl][V]([Cl])[Cl].c1cc[cH-]c1. The van der Waals surface area contributed by atoms with Gasteiger partial charge in [-0.05, 0) is 19.6 Å². The van der Waals surface area contributed by atoms with E-state index in [2.05, 4.69) is 55.5 Å². The molecule has 2 aromatic rings. The van der Waals surface area contributed by atoms with Gasteiger partial charge >= 0.3 is 41.8 Å². The molecule has 0 bridgehead atoms. The molecule has 0 fully saturated rings. The Hall–Kier alpha value is -0.146. The molecule has 0 saturated carbocycles. The maximum absolute atomic E-state index is 4.95. The molecule has 0 heterocycles. The van der Waals surface area contributed by atoms with Crippen LogP contribution in [0.2, 0.25) is 0 Å². The fraction of sp³-hybridized carbons (Fsp3) is 0.294. The monoisotopic (exact) mass is 397 g/mol. The zero-order valence-electron chi connectivity index (χ0n) is 13.0. The van der Waals surface area contributed by atoms with Gasteiger partial charge in [0, 0.05) is 0 Å². The van der Waals surface area contributed by atoms with Crippen molar-refractivity contribution >= 4 is 29.5 Å². The predicted octanol–water partition coefficient (Wildman–Crippen LogP) is 6.05. The molecule has 0 saturated heterocycles. The van der Waals surface area contributed by atoms with E-state index in [0.29, 0.717) is 0 Å². The molecule has 0 aliphatic carbocycles. The molecule has 124 valence electrons. The molecular weight excluding hydrogens is 375 g/mol. The molecule has 5 heteroatoms. The minimum absolute atomic E-state index is 1.05. The first-order valence-electron chi connectivity index (χ1n) is 7.14. The Balaban J connectivity index is 0.000000400. The third-order valence-corrected chi connectivity index (χ3v) is 2.83. The van der Waals surface area contributed by atoms with Gasteiger partial charge in [0.2, 0.25) is 0 Å². The van der Waals surface area contributed by atoms with Crippen LogP contribution in [0.1, 0.15) is 19.4 Å². The fourth-order valence-electron chi connectivity index (χ4n) is 1.63. The largest absolute Gasteiger partial charge is 0.214 e. The summed E-state index contributed by atoms with van der Waals surface area (Å²) in [4.78, 5) is 2.40. The van der Waals surface area contributed by atoms with Gasteiger partial charge in [0.1, 0.15) is 0 Å². The predicted molar refractivity (Wildman–Crippen MR) is 97.2 cm³/mol. The summed E-state index contributed by atoms with van der Waals surface area (Å²) in [5.74, 6) is 0. The zero-order chi connectivity index (χ0) is 16.6. The van der Waals surface area contributed by atoms with Gasteiger partial charge in [0.25, 0.3) is 0 Å². The first-order valence-corrected chi connectivity index (χ1v) is 12.9. The van der Waals surface area contributed by atoms with Gasteiger partial charge in [0.15, 0.2) is 0 Å². The van der Waals surface area contributed by atoms with Gasteiger partial charge in [-0.25, -0.2) is 12.1 Å². The average molecular weight is 399 g/mol. The first-order chi connectivity index (χ1) is 10.6. The molecule has 22 heavy (non-hydrogen) atoms. The molecule has 0 aliphatic heterocycles. The number of likely N-dealkylation sites (N-methyl/N-ethyl adjacent to an activating group) is 1. The molecule has 0 spiro atoms. The fourth-order valence-corrected chi connectivity index (χ4v) is 1.63. The van der Waals surface area contributed by atoms with Crippen molar-refractivity contribution in [1.29, 1.82) is 0 Å². The summed E-state index contributed by atoms with van der Waals surface area (Å²) in [6, 6.07) is 20.5. The Kier molecular flexibility index (Phi) is 15.6. The minimum atomic E-state index is -1.77. The number of hydrogen-bond donors (Lipinski definition) is 0. The molecule has 0 atom stereocenters. The zero-order valence-corrected chi connectivity index (χ0v) is 16.7. The summed E-state index contributed by atoms with van der Waals surface area (Å²) in [5, 5.41) is 0. The van der Waals surface area contributed by atoms with Crippen LogP contribution in [0.4, 0.5) is 0 Å². The van der Waals surface area contributed by atoms with Crippen LogP contribution in [0.25, 0.3) is 0 Å². The van der Waals surface area contributed by atoms with Crippen LogP contribution in [-0.2, 0) is 12.3 Å². The number of hydrogen-bond acceptors (Lipinski definition) is 1. The quantitative estimate of drug-likeness (QED) is 0.554. The van der Waals surface area contributed by atoms with Crippen molar-refractivity contribution in [3.8, 4) is 0 Å². The maximum atomic E-state index is 4.95. The first kappa shape index (κ1) is 21.9. The second kappa shape index (κ2) is 15.7. The Morgan fingerprint density at radius 2 is 1.45 bits per heavy atom. The number of nitrogens with zero attached hydrogens (tertiary/aromatic N) is 1. The summed E-state index contributed by atoms with van der Waals surface area (Å²) in [5.41, 5.74) is 1.31. The molecule has 0 unspecified atom stereocenters. The molecule has 0 aliphatic rings. The molecule has 1 nitrogen and oxygen atoms in total. The van der Waals surface area contributed by atoms with Crippen molar-refractivity contribution in [1.82, 2.24) is 4.90 Å². The maximum Gasteiger partial charge on any atom is -0.172 e. The standard InChI is InChI=1S/C12H18N.C5H5.3ClH.V/c1-3-13(4-2)11-10-12-8-6-5-7-9-12;1-2-4-5-3-1;;;;/h5-10H,3-4,11H2,1-2H3;1-5H;3*1H;/q2*-1;;;;+3/p-3. The van der Waals surface area contributed by atoms with Gasteiger partial charge in [-0.15, -0.1) is 12.1 Å². The van der Waals surface area contributed by atoms with E-state index in [1.807, 2.05) is 30.3 Å². The molecule has 0 N–H and O–H groups in total. The Labute approximate surface area is 152 Å². The van der Waals surface area contributed by atoms with E-state index in [9.17, 15) is 0 Å². The van der Waals surface area contributed by atoms with Crippen molar-refractivity contribution < 1.29 is 12.3 Å². The van der Waals surface area contributed by atoms with E-state index in [-0.39, 0.29) is 0 Å². The molecule has 0 radical (unpaired) electrons. The van der Waals surface area contributed by atoms with E-state index in [1.54, 1.807) is 0 Å². The smallest absolute Gasteiger partial charge is 0.172 e. The third-order valence-electron chi connectivity index (χ3n) is 2.83. The average Bonchev–Trinajstić information content (AvgIpc) is 3.08. The third kappa shape index (κ3) is 14.8. The van der Waals surface area contributed by atoms with Gasteiger partial charge in [-0.3, -0.25) is 0 Å². The molecule has 0 aromatic heterocycles. The van der Waals surface area contributed by atoms with Crippen molar-refractivity contribution in [2.75, 3.05) is 19.6 Å². The summed E-state index contributed by atoms with van der Waals surface area (Å²) < 4.78 is 0. The Morgan fingerprint density at radius 3 is 1.82 bits per heavy atom. The van der Waals surface area contributed by atoms with E-state index in [0.717, 1.165) is 19.6 Å². The summed E-state index contributed by atoms with van der Waals surface area (Å²) in [6.45, 7) is 7.70. The second-order valence-corrected chi connectivity index (χ2v) is 11.2. The van der Waals surface area contributed by atoms with Gasteiger partial charge in [-0.2, -0.15) is 42.3 Å². The van der Waals surface area contributed by atoms with Crippen molar-refractivity contribution in [2.24, 2.45) is 0 Å². The minimum Gasteiger partial charge on any atom is -0.214 e. The van der Waals surface area contributed by atoms with E-state index in [4.69, 9.17) is 29.5 Å². The van der Waals surface area contributed by atoms with Crippen LogP contribution < -0.4 is 0 Å². The van der Waals surface area contributed by atoms with Gasteiger partial charge < -0.3 is 4.90 Å².